The second kappa shape index (κ2) is 6.86. The van der Waals surface area contributed by atoms with Gasteiger partial charge < -0.3 is 14.8 Å². The average molecular weight is 365 g/mol. The van der Waals surface area contributed by atoms with Crippen LogP contribution in [0.5, 0.6) is 0 Å². The summed E-state index contributed by atoms with van der Waals surface area (Å²) in [5.41, 5.74) is 0.0543. The Hall–Kier alpha value is -1.59. The van der Waals surface area contributed by atoms with Crippen LogP contribution in [0.25, 0.3) is 0 Å². The maximum Gasteiger partial charge on any atom is 0.302 e. The van der Waals surface area contributed by atoms with Gasteiger partial charge in [-0.1, -0.05) is 0 Å². The topological polar surface area (TPSA) is 81.7 Å². The Labute approximate surface area is 155 Å². The van der Waals surface area contributed by atoms with Crippen LogP contribution >= 0.6 is 0 Å². The van der Waals surface area contributed by atoms with Crippen molar-refractivity contribution < 1.29 is 23.9 Å². The van der Waals surface area contributed by atoms with Gasteiger partial charge >= 0.3 is 11.9 Å². The standard InChI is InChI=1S/C20H31NO5/c1-14(22)21-20-10-17-8-18(12-20,4-6-25-15(2)23)11-19(9-17,13-20)5-7-26-16(3)24/h17H,4-13H2,1-3H3,(H,21,22). The van der Waals surface area contributed by atoms with Gasteiger partial charge in [0.05, 0.1) is 13.2 Å². The molecule has 4 aliphatic carbocycles. The first-order valence-electron chi connectivity index (χ1n) is 9.71. The third kappa shape index (κ3) is 4.04. The van der Waals surface area contributed by atoms with Crippen molar-refractivity contribution in [2.45, 2.75) is 77.7 Å². The molecule has 0 aromatic heterocycles. The fourth-order valence-corrected chi connectivity index (χ4v) is 6.74. The lowest BCUT2D eigenvalue weighted by atomic mass is 9.40. The van der Waals surface area contributed by atoms with Gasteiger partial charge in [0.1, 0.15) is 0 Å². The van der Waals surface area contributed by atoms with E-state index in [0.29, 0.717) is 19.1 Å². The van der Waals surface area contributed by atoms with Gasteiger partial charge in [0.2, 0.25) is 5.91 Å². The van der Waals surface area contributed by atoms with Crippen molar-refractivity contribution in [2.24, 2.45) is 16.7 Å². The van der Waals surface area contributed by atoms with Crippen molar-refractivity contribution in [3.8, 4) is 0 Å². The Bertz CT molecular complexity index is 565. The van der Waals surface area contributed by atoms with Crippen LogP contribution in [0.4, 0.5) is 0 Å². The van der Waals surface area contributed by atoms with E-state index in [-0.39, 0.29) is 34.2 Å². The maximum absolute atomic E-state index is 11.9. The van der Waals surface area contributed by atoms with Crippen molar-refractivity contribution in [3.63, 3.8) is 0 Å². The first kappa shape index (κ1) is 19.2. The summed E-state index contributed by atoms with van der Waals surface area (Å²) in [5.74, 6) is 0.122. The normalized spacial score (nSPS) is 37.3. The Morgan fingerprint density at radius 1 is 0.846 bits per heavy atom. The molecule has 0 aromatic rings. The molecule has 26 heavy (non-hydrogen) atoms. The lowest BCUT2D eigenvalue weighted by Gasteiger charge is -2.67. The van der Waals surface area contributed by atoms with E-state index in [2.05, 4.69) is 5.32 Å². The molecule has 0 aromatic carbocycles. The molecule has 2 unspecified atom stereocenters. The molecule has 0 radical (unpaired) electrons. The maximum atomic E-state index is 11.9. The zero-order chi connectivity index (χ0) is 19.0. The van der Waals surface area contributed by atoms with Crippen LogP contribution < -0.4 is 5.32 Å². The molecule has 0 aliphatic heterocycles. The van der Waals surface area contributed by atoms with Crippen LogP contribution in [0.15, 0.2) is 0 Å². The van der Waals surface area contributed by atoms with Gasteiger partial charge in [-0.05, 0) is 68.1 Å². The molecule has 1 amide bonds. The molecule has 4 bridgehead atoms. The van der Waals surface area contributed by atoms with Crippen LogP contribution in [-0.2, 0) is 23.9 Å². The predicted molar refractivity (Wildman–Crippen MR) is 95.1 cm³/mol. The first-order valence-corrected chi connectivity index (χ1v) is 9.71. The Morgan fingerprint density at radius 2 is 1.35 bits per heavy atom. The van der Waals surface area contributed by atoms with Crippen LogP contribution in [0.1, 0.15) is 72.1 Å². The summed E-state index contributed by atoms with van der Waals surface area (Å²) in [4.78, 5) is 34.3. The smallest absolute Gasteiger partial charge is 0.302 e. The lowest BCUT2D eigenvalue weighted by Crippen LogP contribution is -2.66. The number of hydrogen-bond donors (Lipinski definition) is 1. The highest BCUT2D eigenvalue weighted by molar-refractivity contribution is 5.74. The average Bonchev–Trinajstić information content (AvgIpc) is 2.42. The number of hydrogen-bond acceptors (Lipinski definition) is 5. The number of carbonyl (C=O) groups is 3. The molecule has 6 heteroatoms. The fourth-order valence-electron chi connectivity index (χ4n) is 6.74. The van der Waals surface area contributed by atoms with Crippen LogP contribution in [0, 0.1) is 16.7 Å². The number of nitrogens with one attached hydrogen (secondary N) is 1. The highest BCUT2D eigenvalue weighted by Crippen LogP contribution is 2.68. The van der Waals surface area contributed by atoms with E-state index in [4.69, 9.17) is 9.47 Å². The van der Waals surface area contributed by atoms with E-state index in [9.17, 15) is 14.4 Å². The van der Waals surface area contributed by atoms with Crippen molar-refractivity contribution in [2.75, 3.05) is 13.2 Å². The quantitative estimate of drug-likeness (QED) is 0.702. The van der Waals surface area contributed by atoms with E-state index in [1.165, 1.54) is 13.8 Å². The Kier molecular flexibility index (Phi) is 5.06. The number of rotatable bonds is 7. The largest absolute Gasteiger partial charge is 0.466 e. The van der Waals surface area contributed by atoms with E-state index < -0.39 is 0 Å². The molecule has 2 atom stereocenters. The molecule has 0 heterocycles. The van der Waals surface area contributed by atoms with E-state index in [0.717, 1.165) is 51.4 Å². The Morgan fingerprint density at radius 3 is 1.77 bits per heavy atom. The summed E-state index contributed by atoms with van der Waals surface area (Å²) in [6.45, 7) is 5.37. The predicted octanol–water partition coefficient (Wildman–Crippen LogP) is 2.74. The van der Waals surface area contributed by atoms with E-state index >= 15 is 0 Å². The molecular weight excluding hydrogens is 334 g/mol. The van der Waals surface area contributed by atoms with E-state index in [1.807, 2.05) is 0 Å². The van der Waals surface area contributed by atoms with Gasteiger partial charge in [0, 0.05) is 26.3 Å². The summed E-state index contributed by atoms with van der Waals surface area (Å²) in [6, 6.07) is 0. The minimum atomic E-state index is -0.240. The highest BCUT2D eigenvalue weighted by Gasteiger charge is 2.63. The van der Waals surface area contributed by atoms with Gasteiger partial charge in [-0.2, -0.15) is 0 Å². The Balaban J connectivity index is 1.79. The number of esters is 2. The second-order valence-corrected chi connectivity index (χ2v) is 9.15. The van der Waals surface area contributed by atoms with Crippen LogP contribution in [-0.4, -0.2) is 36.6 Å². The molecule has 4 aliphatic rings. The van der Waals surface area contributed by atoms with Crippen molar-refractivity contribution in [1.82, 2.24) is 5.32 Å². The first-order chi connectivity index (χ1) is 12.2. The lowest BCUT2D eigenvalue weighted by molar-refractivity contribution is -0.161. The molecular formula is C20H31NO5. The van der Waals surface area contributed by atoms with Gasteiger partial charge in [-0.3, -0.25) is 14.4 Å². The minimum absolute atomic E-state index is 0.0252. The monoisotopic (exact) mass is 365 g/mol. The van der Waals surface area contributed by atoms with Crippen molar-refractivity contribution in [3.05, 3.63) is 0 Å². The number of carbonyl (C=O) groups excluding carboxylic acids is 3. The number of ether oxygens (including phenoxy) is 2. The molecule has 6 nitrogen and oxygen atoms in total. The molecule has 4 fully saturated rings. The summed E-state index contributed by atoms with van der Waals surface area (Å²) in [6.07, 6.45) is 8.02. The summed E-state index contributed by atoms with van der Waals surface area (Å²) in [7, 11) is 0. The minimum Gasteiger partial charge on any atom is -0.466 e. The summed E-state index contributed by atoms with van der Waals surface area (Å²) >= 11 is 0. The third-order valence-electron chi connectivity index (χ3n) is 6.62. The fraction of sp³-hybridized carbons (Fsp3) is 0.850. The molecule has 146 valence electrons. The molecule has 1 N–H and O–H groups in total. The second-order valence-electron chi connectivity index (χ2n) is 9.15. The number of amides is 1. The highest BCUT2D eigenvalue weighted by atomic mass is 16.5. The molecule has 0 saturated heterocycles. The van der Waals surface area contributed by atoms with Gasteiger partial charge in [-0.15, -0.1) is 0 Å². The molecule has 4 rings (SSSR count). The zero-order valence-corrected chi connectivity index (χ0v) is 16.2. The molecule has 0 spiro atoms. The van der Waals surface area contributed by atoms with Crippen LogP contribution in [0.3, 0.4) is 0 Å². The molecule has 4 saturated carbocycles. The third-order valence-corrected chi connectivity index (χ3v) is 6.62. The van der Waals surface area contributed by atoms with Crippen molar-refractivity contribution >= 4 is 17.8 Å². The van der Waals surface area contributed by atoms with E-state index in [1.54, 1.807) is 6.92 Å². The SMILES string of the molecule is CC(=O)NC12CC3CC(CCOC(C)=O)(CC(CCOC(C)=O)(C3)C1)C2. The van der Waals surface area contributed by atoms with Crippen LogP contribution in [0.2, 0.25) is 0 Å². The summed E-state index contributed by atoms with van der Waals surface area (Å²) < 4.78 is 10.5. The van der Waals surface area contributed by atoms with Crippen molar-refractivity contribution in [1.29, 1.82) is 0 Å². The van der Waals surface area contributed by atoms with Gasteiger partial charge in [0.15, 0.2) is 0 Å². The van der Waals surface area contributed by atoms with Gasteiger partial charge in [-0.25, -0.2) is 0 Å². The summed E-state index contributed by atoms with van der Waals surface area (Å²) in [5, 5.41) is 3.28. The van der Waals surface area contributed by atoms with Gasteiger partial charge in [0.25, 0.3) is 0 Å². The zero-order valence-electron chi connectivity index (χ0n) is 16.2.